The predicted molar refractivity (Wildman–Crippen MR) is 123 cm³/mol. The molecule has 2 atom stereocenters. The molecule has 0 unspecified atom stereocenters. The molecule has 1 saturated carbocycles. The van der Waals surface area contributed by atoms with Gasteiger partial charge in [0.2, 0.25) is 5.50 Å². The molecule has 13 heteroatoms. The Morgan fingerprint density at radius 2 is 2.00 bits per heavy atom. The van der Waals surface area contributed by atoms with Crippen molar-refractivity contribution in [1.29, 1.82) is 0 Å². The number of nitrogens with zero attached hydrogens (tertiary/aromatic N) is 2. The number of hydrogen-bond donors (Lipinski definition) is 4. The summed E-state index contributed by atoms with van der Waals surface area (Å²) >= 11 is 0. The zero-order valence-corrected chi connectivity index (χ0v) is 19.6. The molecular formula is C22H24F4N4O4S. The minimum absolute atomic E-state index is 0.0445. The Kier molecular flexibility index (Phi) is 6.22. The first-order valence-corrected chi connectivity index (χ1v) is 12.2. The Labute approximate surface area is 199 Å². The number of carbonyl (C=O) groups is 1. The number of aliphatic imine (C=N–C) groups is 1. The summed E-state index contributed by atoms with van der Waals surface area (Å²) in [5.41, 5.74) is 1.51. The number of hydrogen-bond acceptors (Lipinski definition) is 7. The Hall–Kier alpha value is -2.90. The Morgan fingerprint density at radius 3 is 2.57 bits per heavy atom. The Balaban J connectivity index is 1.65. The van der Waals surface area contributed by atoms with E-state index in [0.717, 1.165) is 18.3 Å². The molecule has 1 spiro atoms. The first kappa shape index (κ1) is 25.2. The van der Waals surface area contributed by atoms with Crippen molar-refractivity contribution in [3.63, 3.8) is 0 Å². The largest absolute Gasteiger partial charge is 0.433 e. The minimum Gasteiger partial charge on any atom is -0.433 e. The number of alkyl halides is 3. The van der Waals surface area contributed by atoms with Crippen molar-refractivity contribution in [2.24, 2.45) is 10.7 Å². The molecule has 1 amide bonds. The van der Waals surface area contributed by atoms with Gasteiger partial charge in [-0.25, -0.2) is 13.8 Å². The monoisotopic (exact) mass is 516 g/mol. The summed E-state index contributed by atoms with van der Waals surface area (Å²) in [6.45, 7) is -0.378. The molecule has 2 aromatic rings. The van der Waals surface area contributed by atoms with Crippen molar-refractivity contribution in [2.45, 2.75) is 55.5 Å². The van der Waals surface area contributed by atoms with E-state index in [4.69, 9.17) is 5.73 Å². The van der Waals surface area contributed by atoms with Crippen LogP contribution in [0.2, 0.25) is 0 Å². The lowest BCUT2D eigenvalue weighted by Gasteiger charge is -2.61. The molecule has 190 valence electrons. The second kappa shape index (κ2) is 8.64. The van der Waals surface area contributed by atoms with Crippen LogP contribution in [0.4, 0.5) is 23.2 Å². The van der Waals surface area contributed by atoms with Crippen molar-refractivity contribution in [2.75, 3.05) is 5.32 Å². The summed E-state index contributed by atoms with van der Waals surface area (Å²) < 4.78 is 79.8. The summed E-state index contributed by atoms with van der Waals surface area (Å²) in [5, 5.41) is 2.49. The van der Waals surface area contributed by atoms with E-state index >= 15 is 4.39 Å². The highest BCUT2D eigenvalue weighted by Gasteiger charge is 2.63. The molecule has 2 heterocycles. The molecular weight excluding hydrogens is 492 g/mol. The second-order valence-electron chi connectivity index (χ2n) is 8.77. The van der Waals surface area contributed by atoms with Gasteiger partial charge in [0.05, 0.1) is 6.20 Å². The molecule has 0 bridgehead atoms. The lowest BCUT2D eigenvalue weighted by molar-refractivity contribution is -0.0501. The maximum atomic E-state index is 15.7. The normalized spacial score (nSPS) is 25.5. The van der Waals surface area contributed by atoms with Crippen LogP contribution < -0.4 is 15.8 Å². The fourth-order valence-electron chi connectivity index (χ4n) is 4.45. The first-order chi connectivity index (χ1) is 16.3. The molecule has 1 fully saturated rings. The number of benzene rings is 1. The minimum atomic E-state index is -3.94. The van der Waals surface area contributed by atoms with Crippen LogP contribution in [-0.4, -0.2) is 42.7 Å². The van der Waals surface area contributed by atoms with Gasteiger partial charge in [-0.3, -0.25) is 18.9 Å². The van der Waals surface area contributed by atoms with Crippen molar-refractivity contribution >= 4 is 28.0 Å². The average molecular weight is 517 g/mol. The number of anilines is 1. The zero-order valence-electron chi connectivity index (χ0n) is 18.8. The number of nitrogens with two attached hydrogens (primary N) is 1. The molecule has 8 nitrogen and oxygen atoms in total. The van der Waals surface area contributed by atoms with E-state index in [0.29, 0.717) is 6.42 Å². The fraction of sp³-hybridized carbons (Fsp3) is 0.409. The smallest absolute Gasteiger partial charge is 0.387 e. The number of amides is 1. The molecule has 4 rings (SSSR count). The molecule has 2 aliphatic rings. The molecule has 1 aliphatic heterocycles. The van der Waals surface area contributed by atoms with Gasteiger partial charge in [0.15, 0.2) is 0 Å². The van der Waals surface area contributed by atoms with E-state index in [2.05, 4.69) is 20.0 Å². The lowest BCUT2D eigenvalue weighted by Crippen LogP contribution is -2.61. The van der Waals surface area contributed by atoms with Gasteiger partial charge in [-0.2, -0.15) is 8.78 Å². The summed E-state index contributed by atoms with van der Waals surface area (Å²) in [4.78, 5) is 20.8. The van der Waals surface area contributed by atoms with Crippen LogP contribution >= 0.6 is 10.6 Å². The summed E-state index contributed by atoms with van der Waals surface area (Å²) in [5.74, 6) is -1.99. The fourth-order valence-corrected chi connectivity index (χ4v) is 6.91. The maximum Gasteiger partial charge on any atom is 0.387 e. The highest BCUT2D eigenvalue weighted by Crippen LogP contribution is 2.70. The van der Waals surface area contributed by atoms with Gasteiger partial charge in [0.1, 0.15) is 33.4 Å². The number of aryl methyl sites for hydroxylation is 1. The molecule has 0 radical (unpaired) electrons. The van der Waals surface area contributed by atoms with E-state index < -0.39 is 44.7 Å². The number of nitrogens with one attached hydrogen (secondary N) is 1. The van der Waals surface area contributed by atoms with Crippen molar-refractivity contribution in [3.8, 4) is 5.75 Å². The highest BCUT2D eigenvalue weighted by molar-refractivity contribution is 8.26. The van der Waals surface area contributed by atoms with E-state index in [1.165, 1.54) is 26.0 Å². The van der Waals surface area contributed by atoms with E-state index in [-0.39, 0.29) is 46.9 Å². The number of halogens is 4. The first-order valence-electron chi connectivity index (χ1n) is 10.6. The van der Waals surface area contributed by atoms with Crippen LogP contribution in [0.5, 0.6) is 5.75 Å². The van der Waals surface area contributed by atoms with E-state index in [1.54, 1.807) is 0 Å². The SMILES string of the molecule is Cc1cc(OC(F)F)cnc1C(=O)Nc1ccc(F)c([C@@]2(C)N=C(N)C3(CCC3)S(O)(O)[C@@H]2F)c1. The standard InChI is InChI=1S/C22H24F4N4O4S/c1-11-8-13(34-20(25)26)10-28-16(11)17(31)29-12-4-5-15(23)14(9-12)21(2)18(24)35(32,33)22(6-3-7-22)19(27)30-21/h4-5,8-10,18,20,32-33H,3,6-7H2,1-2H3,(H2,27,30)(H,29,31)/t18-,21+/m0/s1. The van der Waals surface area contributed by atoms with Gasteiger partial charge in [-0.15, -0.1) is 10.6 Å². The van der Waals surface area contributed by atoms with E-state index in [1.807, 2.05) is 0 Å². The molecule has 1 aromatic heterocycles. The number of carbonyl (C=O) groups excluding carboxylic acids is 1. The van der Waals surface area contributed by atoms with Gasteiger partial charge in [0.25, 0.3) is 5.91 Å². The summed E-state index contributed by atoms with van der Waals surface area (Å²) in [6, 6.07) is 4.54. The number of pyridine rings is 1. The van der Waals surface area contributed by atoms with Crippen LogP contribution in [0.1, 0.15) is 47.8 Å². The van der Waals surface area contributed by atoms with Gasteiger partial charge in [0, 0.05) is 11.3 Å². The molecule has 0 saturated heterocycles. The Morgan fingerprint density at radius 1 is 1.31 bits per heavy atom. The third-order valence-electron chi connectivity index (χ3n) is 6.55. The number of ether oxygens (including phenoxy) is 1. The number of amidine groups is 1. The quantitative estimate of drug-likeness (QED) is 0.417. The van der Waals surface area contributed by atoms with Crippen LogP contribution in [0, 0.1) is 12.7 Å². The molecule has 5 N–H and O–H groups in total. The van der Waals surface area contributed by atoms with Crippen molar-refractivity contribution < 1.29 is 36.2 Å². The topological polar surface area (TPSA) is 130 Å². The molecule has 1 aliphatic carbocycles. The second-order valence-corrected chi connectivity index (χ2v) is 11.1. The van der Waals surface area contributed by atoms with Crippen molar-refractivity contribution in [3.05, 3.63) is 53.1 Å². The highest BCUT2D eigenvalue weighted by atomic mass is 32.3. The molecule has 1 aromatic carbocycles. The number of aromatic nitrogens is 1. The van der Waals surface area contributed by atoms with Crippen molar-refractivity contribution in [1.82, 2.24) is 4.98 Å². The third-order valence-corrected chi connectivity index (χ3v) is 9.35. The maximum absolute atomic E-state index is 15.7. The lowest BCUT2D eigenvalue weighted by atomic mass is 9.82. The number of rotatable bonds is 5. The van der Waals surface area contributed by atoms with E-state index in [9.17, 15) is 27.1 Å². The van der Waals surface area contributed by atoms with Gasteiger partial charge in [-0.1, -0.05) is 0 Å². The third kappa shape index (κ3) is 4.00. The average Bonchev–Trinajstić information content (AvgIpc) is 2.72. The van der Waals surface area contributed by atoms with Crippen LogP contribution in [0.3, 0.4) is 0 Å². The predicted octanol–water partition coefficient (Wildman–Crippen LogP) is 4.94. The van der Waals surface area contributed by atoms with Gasteiger partial charge in [-0.05, 0) is 62.9 Å². The van der Waals surface area contributed by atoms with Gasteiger partial charge >= 0.3 is 6.61 Å². The summed E-state index contributed by atoms with van der Waals surface area (Å²) in [7, 11) is -3.94. The molecule has 35 heavy (non-hydrogen) atoms. The van der Waals surface area contributed by atoms with Crippen LogP contribution in [0.15, 0.2) is 35.5 Å². The zero-order chi connectivity index (χ0) is 25.8. The summed E-state index contributed by atoms with van der Waals surface area (Å²) in [6.07, 6.45) is 2.13. The van der Waals surface area contributed by atoms with Crippen LogP contribution in [-0.2, 0) is 5.54 Å². The van der Waals surface area contributed by atoms with Crippen LogP contribution in [0.25, 0.3) is 0 Å². The van der Waals surface area contributed by atoms with Gasteiger partial charge < -0.3 is 15.8 Å². The Bertz CT molecular complexity index is 1210.